The molecule has 27 heavy (non-hydrogen) atoms. The number of nitro groups is 1. The lowest BCUT2D eigenvalue weighted by Gasteiger charge is -2.22. The second-order valence-corrected chi connectivity index (χ2v) is 6.62. The molecule has 0 radical (unpaired) electrons. The number of carbonyl (C=O) groups is 1. The number of methoxy groups -OCH3 is 1. The molecule has 0 saturated carbocycles. The average Bonchev–Trinajstić information content (AvgIpc) is 3.19. The number of halogens is 1. The predicted octanol–water partition coefficient (Wildman–Crippen LogP) is 4.65. The number of ether oxygens (including phenoxy) is 1. The number of hydrogen-bond acceptors (Lipinski definition) is 5. The third kappa shape index (κ3) is 4.12. The molecule has 1 heterocycles. The van der Waals surface area contributed by atoms with Gasteiger partial charge in [-0.2, -0.15) is 0 Å². The summed E-state index contributed by atoms with van der Waals surface area (Å²) >= 11 is 1.48. The van der Waals surface area contributed by atoms with Crippen LogP contribution in [0.1, 0.15) is 15.2 Å². The Hall–Kier alpha value is -3.26. The summed E-state index contributed by atoms with van der Waals surface area (Å²) in [6.07, 6.45) is 0. The van der Waals surface area contributed by atoms with Gasteiger partial charge in [0.2, 0.25) is 0 Å². The smallest absolute Gasteiger partial charge is 0.311 e. The second kappa shape index (κ2) is 7.96. The van der Waals surface area contributed by atoms with Gasteiger partial charge in [0.1, 0.15) is 5.82 Å². The van der Waals surface area contributed by atoms with Crippen LogP contribution < -0.4 is 9.64 Å². The summed E-state index contributed by atoms with van der Waals surface area (Å²) in [6, 6.07) is 13.3. The van der Waals surface area contributed by atoms with Crippen LogP contribution >= 0.6 is 11.3 Å². The molecule has 0 fully saturated rings. The lowest BCUT2D eigenvalue weighted by atomic mass is 10.1. The van der Waals surface area contributed by atoms with Gasteiger partial charge >= 0.3 is 5.69 Å². The molecule has 0 saturated heterocycles. The summed E-state index contributed by atoms with van der Waals surface area (Å²) in [5.41, 5.74) is 0.343. The van der Waals surface area contributed by atoms with Gasteiger partial charge in [-0.1, -0.05) is 6.07 Å². The van der Waals surface area contributed by atoms with Gasteiger partial charge in [0.05, 0.1) is 18.6 Å². The van der Waals surface area contributed by atoms with E-state index in [1.54, 1.807) is 0 Å². The molecular formula is C19H15FN2O4S. The minimum atomic E-state index is -0.600. The highest BCUT2D eigenvalue weighted by molar-refractivity contribution is 7.09. The number of carbonyl (C=O) groups excluding carboxylic acids is 1. The molecular weight excluding hydrogens is 371 g/mol. The van der Waals surface area contributed by atoms with Crippen LogP contribution in [0.25, 0.3) is 0 Å². The Bertz CT molecular complexity index is 958. The number of nitrogens with zero attached hydrogens (tertiary/aromatic N) is 2. The van der Waals surface area contributed by atoms with Crippen molar-refractivity contribution in [3.63, 3.8) is 0 Å². The first-order chi connectivity index (χ1) is 13.0. The monoisotopic (exact) mass is 386 g/mol. The molecule has 3 aromatic rings. The number of thiophene rings is 1. The zero-order valence-electron chi connectivity index (χ0n) is 14.3. The summed E-state index contributed by atoms with van der Waals surface area (Å²) in [7, 11) is 1.32. The van der Waals surface area contributed by atoms with E-state index in [0.717, 1.165) is 4.88 Å². The standard InChI is InChI=1S/C19H15FN2O4S/c1-26-18-9-4-13(11-17(18)22(24)25)19(23)21(12-16-3-2-10-27-16)15-7-5-14(20)6-8-15/h2-11H,12H2,1H3. The molecule has 1 aromatic heterocycles. The third-order valence-corrected chi connectivity index (χ3v) is 4.76. The zero-order valence-corrected chi connectivity index (χ0v) is 15.1. The van der Waals surface area contributed by atoms with Crippen LogP contribution in [0.4, 0.5) is 15.8 Å². The van der Waals surface area contributed by atoms with Gasteiger partial charge in [0.25, 0.3) is 5.91 Å². The van der Waals surface area contributed by atoms with Crippen LogP contribution in [-0.2, 0) is 6.54 Å². The summed E-state index contributed by atoms with van der Waals surface area (Å²) in [6.45, 7) is 0.266. The van der Waals surface area contributed by atoms with Crippen molar-refractivity contribution >= 4 is 28.6 Å². The normalized spacial score (nSPS) is 10.4. The predicted molar refractivity (Wildman–Crippen MR) is 101 cm³/mol. The number of hydrogen-bond donors (Lipinski definition) is 0. The Labute approximate surface area is 158 Å². The van der Waals surface area contributed by atoms with E-state index in [-0.39, 0.29) is 23.5 Å². The average molecular weight is 386 g/mol. The molecule has 0 aliphatic carbocycles. The van der Waals surface area contributed by atoms with E-state index in [9.17, 15) is 19.3 Å². The first kappa shape index (κ1) is 18.5. The van der Waals surface area contributed by atoms with Crippen molar-refractivity contribution in [2.75, 3.05) is 12.0 Å². The van der Waals surface area contributed by atoms with E-state index < -0.39 is 16.6 Å². The van der Waals surface area contributed by atoms with Gasteiger partial charge in [-0.05, 0) is 47.8 Å². The fourth-order valence-electron chi connectivity index (χ4n) is 2.58. The maximum absolute atomic E-state index is 13.3. The Kier molecular flexibility index (Phi) is 5.46. The van der Waals surface area contributed by atoms with Crippen molar-refractivity contribution in [3.8, 4) is 5.75 Å². The molecule has 0 unspecified atom stereocenters. The van der Waals surface area contributed by atoms with Crippen LogP contribution in [-0.4, -0.2) is 17.9 Å². The van der Waals surface area contributed by atoms with E-state index >= 15 is 0 Å². The van der Waals surface area contributed by atoms with E-state index in [4.69, 9.17) is 4.74 Å². The van der Waals surface area contributed by atoms with Gasteiger partial charge in [-0.25, -0.2) is 4.39 Å². The Balaban J connectivity index is 2.01. The van der Waals surface area contributed by atoms with Gasteiger partial charge in [-0.15, -0.1) is 11.3 Å². The third-order valence-electron chi connectivity index (χ3n) is 3.90. The van der Waals surface area contributed by atoms with Crippen molar-refractivity contribution in [2.45, 2.75) is 6.54 Å². The summed E-state index contributed by atoms with van der Waals surface area (Å²) in [5, 5.41) is 13.1. The lowest BCUT2D eigenvalue weighted by molar-refractivity contribution is -0.385. The first-order valence-corrected chi connectivity index (χ1v) is 8.80. The quantitative estimate of drug-likeness (QED) is 0.457. The van der Waals surface area contributed by atoms with Crippen LogP contribution in [0, 0.1) is 15.9 Å². The number of benzene rings is 2. The maximum Gasteiger partial charge on any atom is 0.311 e. The molecule has 0 spiro atoms. The Morgan fingerprint density at radius 2 is 1.96 bits per heavy atom. The van der Waals surface area contributed by atoms with Crippen molar-refractivity contribution in [3.05, 3.63) is 86.3 Å². The highest BCUT2D eigenvalue weighted by Crippen LogP contribution is 2.29. The van der Waals surface area contributed by atoms with E-state index in [1.165, 1.54) is 65.8 Å². The van der Waals surface area contributed by atoms with Crippen molar-refractivity contribution in [1.29, 1.82) is 0 Å². The van der Waals surface area contributed by atoms with E-state index in [0.29, 0.717) is 5.69 Å². The molecule has 3 rings (SSSR count). The fourth-order valence-corrected chi connectivity index (χ4v) is 3.27. The first-order valence-electron chi connectivity index (χ1n) is 7.92. The zero-order chi connectivity index (χ0) is 19.4. The molecule has 0 N–H and O–H groups in total. The molecule has 0 bridgehead atoms. The lowest BCUT2D eigenvalue weighted by Crippen LogP contribution is -2.30. The highest BCUT2D eigenvalue weighted by Gasteiger charge is 2.23. The molecule has 0 aliphatic heterocycles. The van der Waals surface area contributed by atoms with Gasteiger partial charge in [-0.3, -0.25) is 14.9 Å². The van der Waals surface area contributed by atoms with Gasteiger partial charge in [0, 0.05) is 22.2 Å². The van der Waals surface area contributed by atoms with Crippen LogP contribution in [0.15, 0.2) is 60.0 Å². The highest BCUT2D eigenvalue weighted by atomic mass is 32.1. The van der Waals surface area contributed by atoms with Crippen molar-refractivity contribution in [2.24, 2.45) is 0 Å². The SMILES string of the molecule is COc1ccc(C(=O)N(Cc2cccs2)c2ccc(F)cc2)cc1[N+](=O)[O-]. The Morgan fingerprint density at radius 3 is 2.56 bits per heavy atom. The van der Waals surface area contributed by atoms with Gasteiger partial charge in [0.15, 0.2) is 5.75 Å². The number of amides is 1. The van der Waals surface area contributed by atoms with Crippen LogP contribution in [0.3, 0.4) is 0 Å². The van der Waals surface area contributed by atoms with Crippen molar-refractivity contribution in [1.82, 2.24) is 0 Å². The Morgan fingerprint density at radius 1 is 1.22 bits per heavy atom. The second-order valence-electron chi connectivity index (χ2n) is 5.59. The van der Waals surface area contributed by atoms with Crippen LogP contribution in [0.2, 0.25) is 0 Å². The number of anilines is 1. The minimum absolute atomic E-state index is 0.0724. The van der Waals surface area contributed by atoms with Crippen LogP contribution in [0.5, 0.6) is 5.75 Å². The van der Waals surface area contributed by atoms with E-state index in [2.05, 4.69) is 0 Å². The summed E-state index contributed by atoms with van der Waals surface area (Å²) in [4.78, 5) is 26.1. The maximum atomic E-state index is 13.3. The van der Waals surface area contributed by atoms with Crippen molar-refractivity contribution < 1.29 is 18.8 Å². The largest absolute Gasteiger partial charge is 0.490 e. The number of nitro benzene ring substituents is 1. The minimum Gasteiger partial charge on any atom is -0.490 e. The molecule has 2 aromatic carbocycles. The van der Waals surface area contributed by atoms with Gasteiger partial charge < -0.3 is 9.64 Å². The summed E-state index contributed by atoms with van der Waals surface area (Å²) < 4.78 is 18.3. The fraction of sp³-hybridized carbons (Fsp3) is 0.105. The molecule has 0 aliphatic rings. The topological polar surface area (TPSA) is 72.7 Å². The summed E-state index contributed by atoms with van der Waals surface area (Å²) in [5.74, 6) is -0.772. The molecule has 8 heteroatoms. The number of rotatable bonds is 6. The molecule has 1 amide bonds. The molecule has 138 valence electrons. The van der Waals surface area contributed by atoms with E-state index in [1.807, 2.05) is 17.5 Å². The molecule has 6 nitrogen and oxygen atoms in total. The molecule has 0 atom stereocenters.